The number of aromatic nitrogens is 2. The molecule has 17 heavy (non-hydrogen) atoms. The van der Waals surface area contributed by atoms with Gasteiger partial charge < -0.3 is 0 Å². The Morgan fingerprint density at radius 3 is 2.82 bits per heavy atom. The lowest BCUT2D eigenvalue weighted by atomic mass is 9.59. The van der Waals surface area contributed by atoms with Gasteiger partial charge in [0, 0.05) is 9.89 Å². The van der Waals surface area contributed by atoms with E-state index in [1.54, 1.807) is 11.3 Å². The first-order valence-corrected chi connectivity index (χ1v) is 7.41. The summed E-state index contributed by atoms with van der Waals surface area (Å²) in [4.78, 5) is 0. The fourth-order valence-electron chi connectivity index (χ4n) is 2.83. The Hall–Kier alpha value is -0.740. The van der Waals surface area contributed by atoms with E-state index in [9.17, 15) is 0 Å². The summed E-state index contributed by atoms with van der Waals surface area (Å²) in [6.45, 7) is 2.30. The van der Waals surface area contributed by atoms with Gasteiger partial charge in [0.2, 0.25) is 0 Å². The summed E-state index contributed by atoms with van der Waals surface area (Å²) in [5.74, 6) is 0.776. The standard InChI is InChI=1S/C13H13BrN2S/c1-9-6-13(7-9,12-16-15-8-17-12)10-3-2-4-11(14)5-10/h2-5,8-9H,6-7H2,1H3. The zero-order valence-electron chi connectivity index (χ0n) is 9.56. The number of nitrogens with zero attached hydrogens (tertiary/aromatic N) is 2. The largest absolute Gasteiger partial charge is 0.147 e. The Kier molecular flexibility index (Phi) is 2.79. The fraction of sp³-hybridized carbons (Fsp3) is 0.385. The summed E-state index contributed by atoms with van der Waals surface area (Å²) in [6, 6.07) is 8.59. The second kappa shape index (κ2) is 4.18. The molecule has 2 aromatic rings. The van der Waals surface area contributed by atoms with Crippen molar-refractivity contribution < 1.29 is 0 Å². The van der Waals surface area contributed by atoms with Crippen LogP contribution in [-0.2, 0) is 5.41 Å². The quantitative estimate of drug-likeness (QED) is 0.837. The number of benzene rings is 1. The van der Waals surface area contributed by atoms with Crippen LogP contribution in [0.4, 0.5) is 0 Å². The molecule has 1 saturated carbocycles. The van der Waals surface area contributed by atoms with Gasteiger partial charge >= 0.3 is 0 Å². The topological polar surface area (TPSA) is 25.8 Å². The van der Waals surface area contributed by atoms with Crippen LogP contribution in [0, 0.1) is 5.92 Å². The van der Waals surface area contributed by atoms with Gasteiger partial charge in [0.15, 0.2) is 0 Å². The predicted molar refractivity (Wildman–Crippen MR) is 73.2 cm³/mol. The molecule has 1 aliphatic carbocycles. The van der Waals surface area contributed by atoms with E-state index >= 15 is 0 Å². The van der Waals surface area contributed by atoms with E-state index in [4.69, 9.17) is 0 Å². The highest BCUT2D eigenvalue weighted by Gasteiger charge is 2.47. The number of hydrogen-bond acceptors (Lipinski definition) is 3. The van der Waals surface area contributed by atoms with Crippen molar-refractivity contribution in [1.29, 1.82) is 0 Å². The van der Waals surface area contributed by atoms with Crippen LogP contribution in [0.25, 0.3) is 0 Å². The normalized spacial score (nSPS) is 27.8. The molecule has 1 aromatic carbocycles. The van der Waals surface area contributed by atoms with Crippen LogP contribution < -0.4 is 0 Å². The molecule has 0 radical (unpaired) electrons. The molecule has 1 heterocycles. The van der Waals surface area contributed by atoms with Crippen molar-refractivity contribution in [3.8, 4) is 0 Å². The molecule has 1 aliphatic rings. The first kappa shape index (κ1) is 11.4. The van der Waals surface area contributed by atoms with Crippen LogP contribution in [0.3, 0.4) is 0 Å². The predicted octanol–water partition coefficient (Wildman–Crippen LogP) is 4.02. The number of hydrogen-bond donors (Lipinski definition) is 0. The molecule has 0 bridgehead atoms. The van der Waals surface area contributed by atoms with Crippen LogP contribution in [0.2, 0.25) is 0 Å². The van der Waals surface area contributed by atoms with Crippen LogP contribution in [0.15, 0.2) is 34.2 Å². The lowest BCUT2D eigenvalue weighted by Crippen LogP contribution is -2.41. The van der Waals surface area contributed by atoms with Gasteiger partial charge in [-0.3, -0.25) is 0 Å². The maximum Gasteiger partial charge on any atom is 0.127 e. The minimum absolute atomic E-state index is 0.115. The van der Waals surface area contributed by atoms with E-state index in [1.807, 2.05) is 5.51 Å². The van der Waals surface area contributed by atoms with E-state index in [0.717, 1.165) is 15.4 Å². The Bertz CT molecular complexity index is 518. The second-order valence-electron chi connectivity index (χ2n) is 4.85. The highest BCUT2D eigenvalue weighted by atomic mass is 79.9. The van der Waals surface area contributed by atoms with Crippen molar-refractivity contribution in [2.24, 2.45) is 5.92 Å². The SMILES string of the molecule is CC1CC(c2cccc(Br)c2)(c2nncs2)C1. The molecule has 0 unspecified atom stereocenters. The number of halogens is 1. The van der Waals surface area contributed by atoms with Crippen molar-refractivity contribution in [1.82, 2.24) is 10.2 Å². The Labute approximate surface area is 113 Å². The van der Waals surface area contributed by atoms with Crippen molar-refractivity contribution in [2.45, 2.75) is 25.2 Å². The van der Waals surface area contributed by atoms with Crippen LogP contribution in [0.1, 0.15) is 30.3 Å². The summed E-state index contributed by atoms with van der Waals surface area (Å²) < 4.78 is 1.14. The first-order chi connectivity index (χ1) is 8.21. The van der Waals surface area contributed by atoms with Gasteiger partial charge in [-0.2, -0.15) is 0 Å². The second-order valence-corrected chi connectivity index (χ2v) is 6.60. The first-order valence-electron chi connectivity index (χ1n) is 5.73. The molecule has 88 valence electrons. The summed E-state index contributed by atoms with van der Waals surface area (Å²) in [5, 5.41) is 9.46. The molecule has 2 nitrogen and oxygen atoms in total. The average molecular weight is 309 g/mol. The Balaban J connectivity index is 2.07. The summed E-state index contributed by atoms with van der Waals surface area (Å²) >= 11 is 5.22. The minimum atomic E-state index is 0.115. The summed E-state index contributed by atoms with van der Waals surface area (Å²) in [6.07, 6.45) is 2.36. The third-order valence-corrected chi connectivity index (χ3v) is 4.93. The molecular formula is C13H13BrN2S. The molecule has 4 heteroatoms. The van der Waals surface area contributed by atoms with Gasteiger partial charge in [-0.05, 0) is 36.5 Å². The molecule has 0 amide bonds. The minimum Gasteiger partial charge on any atom is -0.147 e. The van der Waals surface area contributed by atoms with E-state index in [0.29, 0.717) is 0 Å². The summed E-state index contributed by atoms with van der Waals surface area (Å²) in [5.41, 5.74) is 3.31. The highest BCUT2D eigenvalue weighted by Crippen LogP contribution is 2.52. The van der Waals surface area contributed by atoms with E-state index in [1.165, 1.54) is 18.4 Å². The van der Waals surface area contributed by atoms with Crippen molar-refractivity contribution in [3.63, 3.8) is 0 Å². The molecule has 0 N–H and O–H groups in total. The van der Waals surface area contributed by atoms with Gasteiger partial charge in [0.1, 0.15) is 10.5 Å². The maximum atomic E-state index is 4.30. The molecule has 1 aromatic heterocycles. The lowest BCUT2D eigenvalue weighted by molar-refractivity contribution is 0.199. The molecular weight excluding hydrogens is 296 g/mol. The Morgan fingerprint density at radius 2 is 2.24 bits per heavy atom. The van der Waals surface area contributed by atoms with Crippen LogP contribution in [0.5, 0.6) is 0 Å². The van der Waals surface area contributed by atoms with Gasteiger partial charge in [-0.1, -0.05) is 35.0 Å². The molecule has 0 atom stereocenters. The molecule has 0 aliphatic heterocycles. The van der Waals surface area contributed by atoms with E-state index in [-0.39, 0.29) is 5.41 Å². The van der Waals surface area contributed by atoms with Gasteiger partial charge in [-0.25, -0.2) is 0 Å². The smallest absolute Gasteiger partial charge is 0.127 e. The third kappa shape index (κ3) is 1.83. The van der Waals surface area contributed by atoms with Crippen molar-refractivity contribution in [2.75, 3.05) is 0 Å². The van der Waals surface area contributed by atoms with Crippen molar-refractivity contribution in [3.05, 3.63) is 44.8 Å². The fourth-order valence-corrected chi connectivity index (χ4v) is 4.03. The van der Waals surface area contributed by atoms with Gasteiger partial charge in [-0.15, -0.1) is 21.5 Å². The molecule has 3 rings (SSSR count). The van der Waals surface area contributed by atoms with Crippen LogP contribution >= 0.6 is 27.3 Å². The molecule has 0 spiro atoms. The maximum absolute atomic E-state index is 4.30. The molecule has 0 saturated heterocycles. The Morgan fingerprint density at radius 1 is 1.41 bits per heavy atom. The zero-order chi connectivity index (χ0) is 11.9. The highest BCUT2D eigenvalue weighted by molar-refractivity contribution is 9.10. The lowest BCUT2D eigenvalue weighted by Gasteiger charge is -2.45. The third-order valence-electron chi connectivity index (χ3n) is 3.54. The zero-order valence-corrected chi connectivity index (χ0v) is 12.0. The van der Waals surface area contributed by atoms with Crippen molar-refractivity contribution >= 4 is 27.3 Å². The molecule has 1 fully saturated rings. The van der Waals surface area contributed by atoms with Gasteiger partial charge in [0.25, 0.3) is 0 Å². The van der Waals surface area contributed by atoms with Crippen LogP contribution in [-0.4, -0.2) is 10.2 Å². The number of rotatable bonds is 2. The average Bonchev–Trinajstić information content (AvgIpc) is 2.78. The monoisotopic (exact) mass is 308 g/mol. The van der Waals surface area contributed by atoms with E-state index in [2.05, 4.69) is 57.3 Å². The van der Waals surface area contributed by atoms with E-state index < -0.39 is 0 Å². The van der Waals surface area contributed by atoms with Gasteiger partial charge in [0.05, 0.1) is 0 Å². The summed E-state index contributed by atoms with van der Waals surface area (Å²) in [7, 11) is 0.